The number of aromatic amines is 1. The Labute approximate surface area is 154 Å². The lowest BCUT2D eigenvalue weighted by Gasteiger charge is -2.18. The first-order chi connectivity index (χ1) is 12.4. The summed E-state index contributed by atoms with van der Waals surface area (Å²) in [6.45, 7) is 10.6. The molecular formula is C22H26N2O2. The average Bonchev–Trinajstić information content (AvgIpc) is 2.93. The first-order valence-electron chi connectivity index (χ1n) is 9.03. The number of aryl methyl sites for hydroxylation is 3. The van der Waals surface area contributed by atoms with E-state index in [0.717, 1.165) is 33.3 Å². The molecule has 0 spiro atoms. The normalized spacial score (nSPS) is 12.2. The number of aromatic nitrogens is 1. The van der Waals surface area contributed by atoms with Crippen molar-refractivity contribution in [3.05, 3.63) is 64.3 Å². The van der Waals surface area contributed by atoms with Gasteiger partial charge in [-0.1, -0.05) is 29.3 Å². The van der Waals surface area contributed by atoms with Crippen LogP contribution >= 0.6 is 0 Å². The highest BCUT2D eigenvalue weighted by Crippen LogP contribution is 2.28. The number of H-pyrrole nitrogens is 1. The van der Waals surface area contributed by atoms with Crippen molar-refractivity contribution in [1.82, 2.24) is 10.3 Å². The smallest absolute Gasteiger partial charge is 0.268 e. The molecule has 1 aromatic heterocycles. The van der Waals surface area contributed by atoms with Gasteiger partial charge in [0.2, 0.25) is 0 Å². The number of hydrogen-bond donors (Lipinski definition) is 2. The van der Waals surface area contributed by atoms with Crippen LogP contribution in [0.5, 0.6) is 5.75 Å². The van der Waals surface area contributed by atoms with Gasteiger partial charge in [-0.3, -0.25) is 4.79 Å². The van der Waals surface area contributed by atoms with E-state index in [1.807, 2.05) is 52.0 Å². The molecule has 1 unspecified atom stereocenters. The van der Waals surface area contributed by atoms with Crippen LogP contribution in [0.3, 0.4) is 0 Å². The lowest BCUT2D eigenvalue weighted by molar-refractivity contribution is 0.0934. The number of nitrogens with one attached hydrogen (secondary N) is 2. The molecule has 0 fully saturated rings. The van der Waals surface area contributed by atoms with Crippen LogP contribution in [-0.2, 0) is 0 Å². The molecule has 3 aromatic rings. The predicted octanol–water partition coefficient (Wildman–Crippen LogP) is 4.98. The van der Waals surface area contributed by atoms with Crippen LogP contribution in [0.25, 0.3) is 10.9 Å². The van der Waals surface area contributed by atoms with Crippen molar-refractivity contribution in [2.45, 2.75) is 40.7 Å². The average molecular weight is 350 g/mol. The molecule has 1 amide bonds. The molecule has 2 N–H and O–H groups in total. The standard InChI is InChI=1S/C22H26N2O2/c1-6-26-20-10-8-14(3)12-18(20)16(5)23-22(25)21-15(4)17-11-13(2)7-9-19(17)24-21/h7-12,16,24H,6H2,1-5H3,(H,23,25). The van der Waals surface area contributed by atoms with Crippen molar-refractivity contribution in [2.75, 3.05) is 6.61 Å². The molecule has 3 rings (SSSR count). The van der Waals surface area contributed by atoms with E-state index in [1.165, 1.54) is 5.56 Å². The monoisotopic (exact) mass is 350 g/mol. The van der Waals surface area contributed by atoms with Gasteiger partial charge in [0.25, 0.3) is 5.91 Å². The Balaban J connectivity index is 1.88. The maximum absolute atomic E-state index is 12.9. The van der Waals surface area contributed by atoms with Crippen LogP contribution in [0.1, 0.15) is 52.6 Å². The minimum Gasteiger partial charge on any atom is -0.494 e. The van der Waals surface area contributed by atoms with Crippen LogP contribution in [0.15, 0.2) is 36.4 Å². The molecule has 4 nitrogen and oxygen atoms in total. The van der Waals surface area contributed by atoms with Gasteiger partial charge in [-0.05, 0) is 58.4 Å². The Kier molecular flexibility index (Phi) is 5.03. The van der Waals surface area contributed by atoms with Gasteiger partial charge < -0.3 is 15.0 Å². The number of rotatable bonds is 5. The SMILES string of the molecule is CCOc1ccc(C)cc1C(C)NC(=O)c1[nH]c2ccc(C)cc2c1C. The zero-order valence-corrected chi connectivity index (χ0v) is 16.1. The second-order valence-electron chi connectivity index (χ2n) is 6.84. The van der Waals surface area contributed by atoms with E-state index < -0.39 is 0 Å². The molecule has 0 saturated carbocycles. The zero-order chi connectivity index (χ0) is 18.8. The fourth-order valence-electron chi connectivity index (χ4n) is 3.31. The van der Waals surface area contributed by atoms with Gasteiger partial charge in [0.1, 0.15) is 11.4 Å². The molecule has 1 heterocycles. The van der Waals surface area contributed by atoms with E-state index >= 15 is 0 Å². The Bertz CT molecular complexity index is 956. The number of carbonyl (C=O) groups is 1. The molecule has 0 bridgehead atoms. The number of carbonyl (C=O) groups excluding carboxylic acids is 1. The summed E-state index contributed by atoms with van der Waals surface area (Å²) in [5.74, 6) is 0.711. The van der Waals surface area contributed by atoms with Crippen LogP contribution < -0.4 is 10.1 Å². The highest BCUT2D eigenvalue weighted by molar-refractivity contribution is 6.01. The predicted molar refractivity (Wildman–Crippen MR) is 106 cm³/mol. The lowest BCUT2D eigenvalue weighted by Crippen LogP contribution is -2.28. The third-order valence-electron chi connectivity index (χ3n) is 4.72. The molecule has 0 aliphatic carbocycles. The van der Waals surface area contributed by atoms with Gasteiger partial charge in [-0.25, -0.2) is 0 Å². The summed E-state index contributed by atoms with van der Waals surface area (Å²) < 4.78 is 5.73. The quantitative estimate of drug-likeness (QED) is 0.681. The van der Waals surface area contributed by atoms with Gasteiger partial charge in [-0.15, -0.1) is 0 Å². The molecule has 4 heteroatoms. The van der Waals surface area contributed by atoms with Gasteiger partial charge in [0.05, 0.1) is 12.6 Å². The van der Waals surface area contributed by atoms with E-state index in [9.17, 15) is 4.79 Å². The maximum atomic E-state index is 12.9. The Morgan fingerprint density at radius 3 is 2.54 bits per heavy atom. The summed E-state index contributed by atoms with van der Waals surface area (Å²) in [6, 6.07) is 12.1. The molecule has 136 valence electrons. The summed E-state index contributed by atoms with van der Waals surface area (Å²) in [6.07, 6.45) is 0. The van der Waals surface area contributed by atoms with Crippen LogP contribution in [-0.4, -0.2) is 17.5 Å². The molecule has 26 heavy (non-hydrogen) atoms. The van der Waals surface area contributed by atoms with E-state index in [1.54, 1.807) is 0 Å². The fraction of sp³-hybridized carbons (Fsp3) is 0.318. The first-order valence-corrected chi connectivity index (χ1v) is 9.03. The van der Waals surface area contributed by atoms with Crippen LogP contribution in [0.2, 0.25) is 0 Å². The highest BCUT2D eigenvalue weighted by atomic mass is 16.5. The highest BCUT2D eigenvalue weighted by Gasteiger charge is 2.19. The molecule has 1 atom stereocenters. The van der Waals surface area contributed by atoms with Crippen LogP contribution in [0.4, 0.5) is 0 Å². The van der Waals surface area contributed by atoms with Crippen LogP contribution in [0, 0.1) is 20.8 Å². The second-order valence-corrected chi connectivity index (χ2v) is 6.84. The number of ether oxygens (including phenoxy) is 1. The van der Waals surface area contributed by atoms with E-state index in [2.05, 4.69) is 29.4 Å². The number of benzene rings is 2. The summed E-state index contributed by atoms with van der Waals surface area (Å²) >= 11 is 0. The minimum atomic E-state index is -0.156. The van der Waals surface area contributed by atoms with Gasteiger partial charge in [0.15, 0.2) is 0 Å². The third-order valence-corrected chi connectivity index (χ3v) is 4.72. The summed E-state index contributed by atoms with van der Waals surface area (Å²) in [5.41, 5.74) is 5.88. The maximum Gasteiger partial charge on any atom is 0.268 e. The second kappa shape index (κ2) is 7.24. The lowest BCUT2D eigenvalue weighted by atomic mass is 10.0. The van der Waals surface area contributed by atoms with Crippen molar-refractivity contribution in [3.63, 3.8) is 0 Å². The number of amides is 1. The number of hydrogen-bond acceptors (Lipinski definition) is 2. The van der Waals surface area contributed by atoms with Gasteiger partial charge in [-0.2, -0.15) is 0 Å². The van der Waals surface area contributed by atoms with E-state index in [4.69, 9.17) is 4.74 Å². The fourth-order valence-corrected chi connectivity index (χ4v) is 3.31. The van der Waals surface area contributed by atoms with E-state index in [-0.39, 0.29) is 11.9 Å². The molecule has 0 aliphatic heterocycles. The zero-order valence-electron chi connectivity index (χ0n) is 16.1. The Hall–Kier alpha value is -2.75. The summed E-state index contributed by atoms with van der Waals surface area (Å²) in [5, 5.41) is 4.20. The first kappa shape index (κ1) is 18.1. The van der Waals surface area contributed by atoms with Crippen molar-refractivity contribution in [2.24, 2.45) is 0 Å². The summed E-state index contributed by atoms with van der Waals surface area (Å²) in [7, 11) is 0. The summed E-state index contributed by atoms with van der Waals surface area (Å²) in [4.78, 5) is 16.1. The van der Waals surface area contributed by atoms with Gasteiger partial charge >= 0.3 is 0 Å². The Morgan fingerprint density at radius 1 is 1.12 bits per heavy atom. The minimum absolute atomic E-state index is 0.104. The topological polar surface area (TPSA) is 54.1 Å². The largest absolute Gasteiger partial charge is 0.494 e. The Morgan fingerprint density at radius 2 is 1.81 bits per heavy atom. The van der Waals surface area contributed by atoms with Crippen molar-refractivity contribution < 1.29 is 9.53 Å². The van der Waals surface area contributed by atoms with Crippen molar-refractivity contribution in [1.29, 1.82) is 0 Å². The molecule has 0 aliphatic rings. The molecular weight excluding hydrogens is 324 g/mol. The number of fused-ring (bicyclic) bond motifs is 1. The molecule has 0 saturated heterocycles. The third kappa shape index (κ3) is 3.45. The molecule has 2 aromatic carbocycles. The van der Waals surface area contributed by atoms with Crippen molar-refractivity contribution >= 4 is 16.8 Å². The van der Waals surface area contributed by atoms with E-state index in [0.29, 0.717) is 12.3 Å². The molecule has 0 radical (unpaired) electrons. The van der Waals surface area contributed by atoms with Gasteiger partial charge in [0, 0.05) is 16.5 Å². The van der Waals surface area contributed by atoms with Crippen molar-refractivity contribution in [3.8, 4) is 5.75 Å².